The Morgan fingerprint density at radius 3 is 2.49 bits per heavy atom. The van der Waals surface area contributed by atoms with E-state index in [1.54, 1.807) is 29.1 Å². The molecule has 0 unspecified atom stereocenters. The van der Waals surface area contributed by atoms with Crippen LogP contribution in [0.4, 0.5) is 17.1 Å². The summed E-state index contributed by atoms with van der Waals surface area (Å²) in [7, 11) is 0. The van der Waals surface area contributed by atoms with Crippen molar-refractivity contribution in [3.8, 4) is 5.69 Å². The largest absolute Gasteiger partial charge is 0.366 e. The fourth-order valence-electron chi connectivity index (χ4n) is 4.66. The minimum atomic E-state index is -0.530. The number of nitro benzene ring substituents is 1. The maximum atomic E-state index is 12.8. The fourth-order valence-corrected chi connectivity index (χ4v) is 4.87. The molecular weight excluding hydrogens is 514 g/mol. The average Bonchev–Trinajstić information content (AvgIpc) is 3.62. The van der Waals surface area contributed by atoms with Crippen LogP contribution < -0.4 is 15.5 Å². The SMILES string of the molecule is CCCCc1ccc(-n2nc3ccc(NC(=S)NC(=O)c4ccc(N5CCCC5)c([N+](=O)[O-])c4)cc3n2)cc1. The van der Waals surface area contributed by atoms with Crippen molar-refractivity contribution in [3.05, 3.63) is 81.9 Å². The van der Waals surface area contributed by atoms with Gasteiger partial charge in [-0.15, -0.1) is 10.2 Å². The van der Waals surface area contributed by atoms with E-state index in [9.17, 15) is 14.9 Å². The molecule has 1 aliphatic heterocycles. The third-order valence-corrected chi connectivity index (χ3v) is 6.94. The molecule has 1 aromatic heterocycles. The standard InChI is InChI=1S/C28H29N7O3S/c1-2-3-6-19-7-11-22(12-8-19)34-31-23-13-10-21(18-24(23)32-34)29-28(39)30-27(36)20-9-14-25(26(17-20)35(37)38)33-15-4-5-16-33/h7-14,17-18H,2-6,15-16H2,1H3,(H2,29,30,36,39). The highest BCUT2D eigenvalue weighted by molar-refractivity contribution is 7.80. The molecule has 5 rings (SSSR count). The first-order valence-electron chi connectivity index (χ1n) is 13.0. The first kappa shape index (κ1) is 26.2. The molecule has 200 valence electrons. The number of anilines is 2. The summed E-state index contributed by atoms with van der Waals surface area (Å²) in [5.41, 5.74) is 4.77. The third kappa shape index (κ3) is 6.04. The van der Waals surface area contributed by atoms with E-state index in [2.05, 4.69) is 39.9 Å². The second-order valence-corrected chi connectivity index (χ2v) is 9.93. The van der Waals surface area contributed by atoms with Gasteiger partial charge in [-0.25, -0.2) is 0 Å². The Balaban J connectivity index is 1.25. The Hall–Kier alpha value is -4.38. The highest BCUT2D eigenvalue weighted by Gasteiger charge is 2.24. The van der Waals surface area contributed by atoms with E-state index in [4.69, 9.17) is 12.2 Å². The maximum Gasteiger partial charge on any atom is 0.293 e. The summed E-state index contributed by atoms with van der Waals surface area (Å²) in [4.78, 5) is 27.6. The molecule has 4 aromatic rings. The predicted molar refractivity (Wildman–Crippen MR) is 156 cm³/mol. The van der Waals surface area contributed by atoms with Gasteiger partial charge in [-0.05, 0) is 85.9 Å². The summed E-state index contributed by atoms with van der Waals surface area (Å²) in [5, 5.41) is 26.5. The summed E-state index contributed by atoms with van der Waals surface area (Å²) in [6.45, 7) is 3.71. The molecule has 0 bridgehead atoms. The van der Waals surface area contributed by atoms with Gasteiger partial charge in [0.05, 0.1) is 10.6 Å². The minimum absolute atomic E-state index is 0.0701. The number of thiocarbonyl (C=S) groups is 1. The lowest BCUT2D eigenvalue weighted by Crippen LogP contribution is -2.34. The number of hydrogen-bond donors (Lipinski definition) is 2. The molecule has 0 radical (unpaired) electrons. The zero-order valence-corrected chi connectivity index (χ0v) is 22.4. The zero-order valence-electron chi connectivity index (χ0n) is 21.6. The Kier molecular flexibility index (Phi) is 7.78. The molecule has 2 heterocycles. The number of hydrogen-bond acceptors (Lipinski definition) is 7. The summed E-state index contributed by atoms with van der Waals surface area (Å²) in [6.07, 6.45) is 5.36. The number of fused-ring (bicyclic) bond motifs is 1. The first-order chi connectivity index (χ1) is 18.9. The van der Waals surface area contributed by atoms with Crippen molar-refractivity contribution in [2.24, 2.45) is 0 Å². The molecule has 10 nitrogen and oxygen atoms in total. The molecule has 1 amide bonds. The van der Waals surface area contributed by atoms with E-state index in [0.29, 0.717) is 16.9 Å². The van der Waals surface area contributed by atoms with Crippen molar-refractivity contribution < 1.29 is 9.72 Å². The van der Waals surface area contributed by atoms with E-state index in [0.717, 1.165) is 56.4 Å². The highest BCUT2D eigenvalue weighted by Crippen LogP contribution is 2.31. The van der Waals surface area contributed by atoms with Crippen molar-refractivity contribution in [1.82, 2.24) is 20.3 Å². The summed E-state index contributed by atoms with van der Waals surface area (Å²) >= 11 is 5.33. The van der Waals surface area contributed by atoms with Crippen molar-refractivity contribution in [3.63, 3.8) is 0 Å². The number of carbonyl (C=O) groups excluding carboxylic acids is 1. The molecule has 0 atom stereocenters. The summed E-state index contributed by atoms with van der Waals surface area (Å²) in [6, 6.07) is 18.1. The Morgan fingerprint density at radius 2 is 1.77 bits per heavy atom. The lowest BCUT2D eigenvalue weighted by atomic mass is 10.1. The first-order valence-corrected chi connectivity index (χ1v) is 13.4. The van der Waals surface area contributed by atoms with E-state index >= 15 is 0 Å². The van der Waals surface area contributed by atoms with E-state index < -0.39 is 10.8 Å². The summed E-state index contributed by atoms with van der Waals surface area (Å²) in [5.74, 6) is -0.530. The smallest absolute Gasteiger partial charge is 0.293 e. The van der Waals surface area contributed by atoms with Crippen LogP contribution >= 0.6 is 12.2 Å². The van der Waals surface area contributed by atoms with Gasteiger partial charge in [-0.1, -0.05) is 25.5 Å². The monoisotopic (exact) mass is 543 g/mol. The molecule has 3 aromatic carbocycles. The second kappa shape index (κ2) is 11.6. The number of unbranched alkanes of at least 4 members (excludes halogenated alkanes) is 1. The van der Waals surface area contributed by atoms with Crippen LogP contribution in [0, 0.1) is 10.1 Å². The molecule has 1 aliphatic rings. The zero-order chi connectivity index (χ0) is 27.4. The van der Waals surface area contributed by atoms with Crippen LogP contribution in [-0.2, 0) is 6.42 Å². The molecule has 2 N–H and O–H groups in total. The number of nitrogens with zero attached hydrogens (tertiary/aromatic N) is 5. The molecule has 0 aliphatic carbocycles. The lowest BCUT2D eigenvalue weighted by molar-refractivity contribution is -0.384. The van der Waals surface area contributed by atoms with E-state index in [1.165, 1.54) is 11.6 Å². The lowest BCUT2D eigenvalue weighted by Gasteiger charge is -2.18. The van der Waals surface area contributed by atoms with Crippen molar-refractivity contribution in [2.45, 2.75) is 39.0 Å². The number of aromatic nitrogens is 3. The van der Waals surface area contributed by atoms with Crippen LogP contribution in [0.1, 0.15) is 48.5 Å². The Labute approximate surface area is 231 Å². The highest BCUT2D eigenvalue weighted by atomic mass is 32.1. The average molecular weight is 544 g/mol. The van der Waals surface area contributed by atoms with Crippen molar-refractivity contribution in [1.29, 1.82) is 0 Å². The molecule has 1 fully saturated rings. The van der Waals surface area contributed by atoms with Crippen LogP contribution in [0.2, 0.25) is 0 Å². The van der Waals surface area contributed by atoms with Crippen molar-refractivity contribution in [2.75, 3.05) is 23.3 Å². The number of amides is 1. The normalized spacial score (nSPS) is 13.0. The van der Waals surface area contributed by atoms with Crippen LogP contribution in [0.15, 0.2) is 60.7 Å². The molecule has 1 saturated heterocycles. The Morgan fingerprint density at radius 1 is 1.03 bits per heavy atom. The van der Waals surface area contributed by atoms with Crippen LogP contribution in [0.3, 0.4) is 0 Å². The van der Waals surface area contributed by atoms with E-state index in [1.807, 2.05) is 23.1 Å². The number of nitrogens with one attached hydrogen (secondary N) is 2. The molecule has 39 heavy (non-hydrogen) atoms. The number of rotatable bonds is 8. The second-order valence-electron chi connectivity index (χ2n) is 9.53. The summed E-state index contributed by atoms with van der Waals surface area (Å²) < 4.78 is 0. The van der Waals surface area contributed by atoms with E-state index in [-0.39, 0.29) is 16.4 Å². The number of nitro groups is 1. The van der Waals surface area contributed by atoms with Gasteiger partial charge in [0, 0.05) is 30.4 Å². The van der Waals surface area contributed by atoms with Crippen molar-refractivity contribution >= 4 is 51.3 Å². The van der Waals surface area contributed by atoms with Crippen LogP contribution in [-0.4, -0.2) is 44.0 Å². The topological polar surface area (TPSA) is 118 Å². The molecular formula is C28H29N7O3S. The number of carbonyl (C=O) groups is 1. The third-order valence-electron chi connectivity index (χ3n) is 6.73. The quantitative estimate of drug-likeness (QED) is 0.172. The predicted octanol–water partition coefficient (Wildman–Crippen LogP) is 5.40. The van der Waals surface area contributed by atoms with Crippen LogP contribution in [0.25, 0.3) is 16.7 Å². The van der Waals surface area contributed by atoms with Gasteiger partial charge in [0.15, 0.2) is 5.11 Å². The van der Waals surface area contributed by atoms with Crippen LogP contribution in [0.5, 0.6) is 0 Å². The van der Waals surface area contributed by atoms with Gasteiger partial charge >= 0.3 is 0 Å². The Bertz CT molecular complexity index is 1530. The maximum absolute atomic E-state index is 12.8. The number of aryl methyl sites for hydroxylation is 1. The molecule has 11 heteroatoms. The van der Waals surface area contributed by atoms with Gasteiger partial charge in [0.2, 0.25) is 0 Å². The van der Waals surface area contributed by atoms with Gasteiger partial charge in [-0.3, -0.25) is 20.2 Å². The van der Waals surface area contributed by atoms with Gasteiger partial charge < -0.3 is 10.2 Å². The number of benzene rings is 3. The fraction of sp³-hybridized carbons (Fsp3) is 0.286. The van der Waals surface area contributed by atoms with Gasteiger partial charge in [-0.2, -0.15) is 4.80 Å². The van der Waals surface area contributed by atoms with Gasteiger partial charge in [0.25, 0.3) is 11.6 Å². The minimum Gasteiger partial charge on any atom is -0.366 e. The molecule has 0 spiro atoms. The molecule has 0 saturated carbocycles. The van der Waals surface area contributed by atoms with Gasteiger partial charge in [0.1, 0.15) is 16.7 Å².